The van der Waals surface area contributed by atoms with Gasteiger partial charge in [0.15, 0.2) is 0 Å². The number of hydrogen-bond acceptors (Lipinski definition) is 0. The summed E-state index contributed by atoms with van der Waals surface area (Å²) in [7, 11) is 0. The molecule has 0 heterocycles. The molecule has 164 valence electrons. The molecule has 0 nitrogen and oxygen atoms in total. The summed E-state index contributed by atoms with van der Waals surface area (Å²) in [6.07, 6.45) is 0. The van der Waals surface area contributed by atoms with Crippen LogP contribution in [0.3, 0.4) is 0 Å². The van der Waals surface area contributed by atoms with E-state index < -0.39 is 0 Å². The summed E-state index contributed by atoms with van der Waals surface area (Å²) in [6, 6.07) is 29.9. The molecule has 0 aliphatic heterocycles. The van der Waals surface area contributed by atoms with Crippen molar-refractivity contribution in [1.29, 1.82) is 0 Å². The molecule has 4 aromatic rings. The Bertz CT molecular complexity index is 1320. The highest BCUT2D eigenvalue weighted by molar-refractivity contribution is 6.31. The lowest BCUT2D eigenvalue weighted by Gasteiger charge is -2.08. The SMILES string of the molecule is Clc1ccc(C#C/C(=C(\C#Cc2ccc(Cl)cc2)c2ccc(Cl)cc2)c2ccc(Cl)cc2)cc1. The first kappa shape index (κ1) is 24.0. The summed E-state index contributed by atoms with van der Waals surface area (Å²) in [5.74, 6) is 13.2. The van der Waals surface area contributed by atoms with Gasteiger partial charge in [0.25, 0.3) is 0 Å². The van der Waals surface area contributed by atoms with E-state index >= 15 is 0 Å². The van der Waals surface area contributed by atoms with Gasteiger partial charge in [-0.2, -0.15) is 0 Å². The van der Waals surface area contributed by atoms with E-state index in [0.717, 1.165) is 33.4 Å². The normalized spacial score (nSPS) is 10.9. The second kappa shape index (κ2) is 11.4. The molecule has 0 radical (unpaired) electrons. The fourth-order valence-electron chi connectivity index (χ4n) is 3.13. The second-order valence-corrected chi connectivity index (χ2v) is 9.02. The fraction of sp³-hybridized carbons (Fsp3) is 0. The molecular weight excluding hydrogens is 502 g/mol. The minimum absolute atomic E-state index is 0.647. The summed E-state index contributed by atoms with van der Waals surface area (Å²) in [4.78, 5) is 0. The van der Waals surface area contributed by atoms with Crippen molar-refractivity contribution < 1.29 is 0 Å². The van der Waals surface area contributed by atoms with Crippen LogP contribution in [0.2, 0.25) is 20.1 Å². The van der Waals surface area contributed by atoms with Gasteiger partial charge in [0, 0.05) is 42.4 Å². The zero-order valence-corrected chi connectivity index (χ0v) is 20.8. The van der Waals surface area contributed by atoms with E-state index in [9.17, 15) is 0 Å². The summed E-state index contributed by atoms with van der Waals surface area (Å²) in [6.45, 7) is 0. The molecule has 4 aromatic carbocycles. The fourth-order valence-corrected chi connectivity index (χ4v) is 3.63. The van der Waals surface area contributed by atoms with Gasteiger partial charge in [0.1, 0.15) is 0 Å². The quantitative estimate of drug-likeness (QED) is 0.183. The Morgan fingerprint density at radius 1 is 0.382 bits per heavy atom. The highest BCUT2D eigenvalue weighted by Gasteiger charge is 2.10. The van der Waals surface area contributed by atoms with Crippen LogP contribution in [0.1, 0.15) is 22.3 Å². The van der Waals surface area contributed by atoms with E-state index in [-0.39, 0.29) is 0 Å². The lowest BCUT2D eigenvalue weighted by atomic mass is 9.94. The highest BCUT2D eigenvalue weighted by atomic mass is 35.5. The Hall–Kier alpha value is -3.10. The zero-order chi connectivity index (χ0) is 23.9. The van der Waals surface area contributed by atoms with Gasteiger partial charge in [-0.3, -0.25) is 0 Å². The smallest absolute Gasteiger partial charge is 0.0484 e. The highest BCUT2D eigenvalue weighted by Crippen LogP contribution is 2.28. The molecule has 0 aliphatic carbocycles. The number of allylic oxidation sites excluding steroid dienone is 2. The summed E-state index contributed by atoms with van der Waals surface area (Å²) in [5, 5.41) is 2.62. The van der Waals surface area contributed by atoms with E-state index in [2.05, 4.69) is 23.7 Å². The van der Waals surface area contributed by atoms with Gasteiger partial charge in [0.2, 0.25) is 0 Å². The number of rotatable bonds is 2. The maximum atomic E-state index is 6.15. The van der Waals surface area contributed by atoms with Crippen molar-refractivity contribution in [3.63, 3.8) is 0 Å². The number of benzene rings is 4. The third-order valence-corrected chi connectivity index (χ3v) is 5.88. The Kier molecular flexibility index (Phi) is 8.03. The molecule has 0 amide bonds. The van der Waals surface area contributed by atoms with E-state index in [0.29, 0.717) is 20.1 Å². The molecule has 4 heteroatoms. The van der Waals surface area contributed by atoms with Crippen LogP contribution in [0.4, 0.5) is 0 Å². The van der Waals surface area contributed by atoms with E-state index in [1.54, 1.807) is 0 Å². The maximum absolute atomic E-state index is 6.15. The van der Waals surface area contributed by atoms with Crippen LogP contribution in [0.25, 0.3) is 11.1 Å². The third kappa shape index (κ3) is 6.48. The molecule has 0 atom stereocenters. The van der Waals surface area contributed by atoms with Gasteiger partial charge in [0.05, 0.1) is 0 Å². The van der Waals surface area contributed by atoms with Crippen molar-refractivity contribution in [1.82, 2.24) is 0 Å². The average Bonchev–Trinajstić information content (AvgIpc) is 2.85. The molecule has 34 heavy (non-hydrogen) atoms. The summed E-state index contributed by atoms with van der Waals surface area (Å²) < 4.78 is 0. The summed E-state index contributed by atoms with van der Waals surface area (Å²) in [5.41, 5.74) is 5.04. The summed E-state index contributed by atoms with van der Waals surface area (Å²) >= 11 is 24.4. The number of hydrogen-bond donors (Lipinski definition) is 0. The minimum Gasteiger partial charge on any atom is -0.0843 e. The van der Waals surface area contributed by atoms with E-state index in [1.165, 1.54) is 0 Å². The van der Waals surface area contributed by atoms with E-state index in [4.69, 9.17) is 46.4 Å². The molecule has 0 saturated heterocycles. The molecule has 0 aliphatic rings. The first-order chi connectivity index (χ1) is 16.5. The van der Waals surface area contributed by atoms with Gasteiger partial charge in [-0.15, -0.1) is 0 Å². The topological polar surface area (TPSA) is 0 Å². The second-order valence-electron chi connectivity index (χ2n) is 7.28. The van der Waals surface area contributed by atoms with Crippen molar-refractivity contribution in [3.05, 3.63) is 139 Å². The van der Waals surface area contributed by atoms with Gasteiger partial charge in [-0.05, 0) is 83.9 Å². The molecule has 0 saturated carbocycles. The number of halogens is 4. The standard InChI is InChI=1S/C30H16Cl4/c31-25-11-1-21(2-12-25)5-19-29(23-7-15-27(33)16-8-23)30(24-9-17-28(34)18-10-24)20-6-22-3-13-26(32)14-4-22/h1-4,7-18H/b30-29-. The Morgan fingerprint density at radius 3 is 0.941 bits per heavy atom. The zero-order valence-electron chi connectivity index (χ0n) is 17.7. The average molecular weight is 518 g/mol. The van der Waals surface area contributed by atoms with Gasteiger partial charge in [-0.1, -0.05) is 94.4 Å². The van der Waals surface area contributed by atoms with Crippen molar-refractivity contribution in [3.8, 4) is 23.7 Å². The van der Waals surface area contributed by atoms with E-state index in [1.807, 2.05) is 97.1 Å². The van der Waals surface area contributed by atoms with Crippen molar-refractivity contribution in [2.45, 2.75) is 0 Å². The van der Waals surface area contributed by atoms with Crippen molar-refractivity contribution in [2.24, 2.45) is 0 Å². The molecule has 0 aromatic heterocycles. The van der Waals surface area contributed by atoms with Crippen LogP contribution >= 0.6 is 46.4 Å². The predicted molar refractivity (Wildman–Crippen MR) is 146 cm³/mol. The predicted octanol–water partition coefficient (Wildman–Crippen LogP) is 9.31. The van der Waals surface area contributed by atoms with Gasteiger partial charge >= 0.3 is 0 Å². The molecule has 0 bridgehead atoms. The molecule has 0 fully saturated rings. The lowest BCUT2D eigenvalue weighted by Crippen LogP contribution is -1.91. The third-order valence-electron chi connectivity index (χ3n) is 4.87. The Labute approximate surface area is 219 Å². The maximum Gasteiger partial charge on any atom is 0.0484 e. The lowest BCUT2D eigenvalue weighted by molar-refractivity contribution is 1.60. The monoisotopic (exact) mass is 516 g/mol. The molecule has 0 unspecified atom stereocenters. The van der Waals surface area contributed by atoms with Crippen molar-refractivity contribution >= 4 is 57.5 Å². The van der Waals surface area contributed by atoms with Crippen molar-refractivity contribution in [2.75, 3.05) is 0 Å². The van der Waals surface area contributed by atoms with Crippen LogP contribution in [-0.2, 0) is 0 Å². The van der Waals surface area contributed by atoms with Crippen LogP contribution in [0.5, 0.6) is 0 Å². The Morgan fingerprint density at radius 2 is 0.647 bits per heavy atom. The molecule has 0 spiro atoms. The van der Waals surface area contributed by atoms with Gasteiger partial charge < -0.3 is 0 Å². The molecule has 0 N–H and O–H groups in total. The van der Waals surface area contributed by atoms with Crippen LogP contribution in [0, 0.1) is 23.7 Å². The first-order valence-electron chi connectivity index (χ1n) is 10.3. The van der Waals surface area contributed by atoms with Gasteiger partial charge in [-0.25, -0.2) is 0 Å². The minimum atomic E-state index is 0.647. The largest absolute Gasteiger partial charge is 0.0843 e. The first-order valence-corrected chi connectivity index (χ1v) is 11.8. The molecular formula is C30H16Cl4. The van der Waals surface area contributed by atoms with Crippen LogP contribution in [0.15, 0.2) is 97.1 Å². The molecule has 4 rings (SSSR count). The van der Waals surface area contributed by atoms with Crippen LogP contribution in [-0.4, -0.2) is 0 Å². The van der Waals surface area contributed by atoms with Crippen LogP contribution < -0.4 is 0 Å². The Balaban J connectivity index is 1.94.